The molecule has 0 saturated heterocycles. The second-order valence-corrected chi connectivity index (χ2v) is 3.76. The number of nitrogen functional groups attached to an aromatic ring is 1. The van der Waals surface area contributed by atoms with E-state index in [1.165, 1.54) is 25.7 Å². The van der Waals surface area contributed by atoms with Crippen LogP contribution in [0.25, 0.3) is 0 Å². The molecule has 0 aliphatic rings. The van der Waals surface area contributed by atoms with Crippen LogP contribution >= 0.6 is 0 Å². The number of nitrogens with zero attached hydrogens (tertiary/aromatic N) is 1. The molecule has 90 valence electrons. The lowest BCUT2D eigenvalue weighted by molar-refractivity contribution is 0.305. The number of hydrogen-bond donors (Lipinski definition) is 2. The lowest BCUT2D eigenvalue weighted by Crippen LogP contribution is -2.10. The first-order valence-corrected chi connectivity index (χ1v) is 5.93. The van der Waals surface area contributed by atoms with E-state index in [0.29, 0.717) is 5.82 Å². The molecule has 3 N–H and O–H groups in total. The van der Waals surface area contributed by atoms with Crippen molar-refractivity contribution in [3.8, 4) is 5.75 Å². The van der Waals surface area contributed by atoms with E-state index in [2.05, 4.69) is 17.3 Å². The Hall–Kier alpha value is -1.29. The van der Waals surface area contributed by atoms with Crippen LogP contribution in [-0.4, -0.2) is 11.6 Å². The van der Waals surface area contributed by atoms with Crippen LogP contribution in [0, 0.1) is 0 Å². The summed E-state index contributed by atoms with van der Waals surface area (Å²) in [5.41, 5.74) is 2.52. The van der Waals surface area contributed by atoms with Gasteiger partial charge >= 0.3 is 0 Å². The highest BCUT2D eigenvalue weighted by Gasteiger charge is 2.01. The summed E-state index contributed by atoms with van der Waals surface area (Å²) < 4.78 is 5.60. The Morgan fingerprint density at radius 1 is 1.31 bits per heavy atom. The van der Waals surface area contributed by atoms with Crippen LogP contribution in [0.3, 0.4) is 0 Å². The minimum absolute atomic E-state index is 0.594. The summed E-state index contributed by atoms with van der Waals surface area (Å²) in [6.45, 7) is 2.94. The van der Waals surface area contributed by atoms with Gasteiger partial charge in [-0.3, -0.25) is 0 Å². The Balaban J connectivity index is 2.21. The second kappa shape index (κ2) is 7.93. The fourth-order valence-electron chi connectivity index (χ4n) is 1.50. The molecule has 4 nitrogen and oxygen atoms in total. The van der Waals surface area contributed by atoms with E-state index < -0.39 is 0 Å². The number of nitrogens with two attached hydrogens (primary N) is 1. The SMILES string of the molecule is CCCCCCCOc1cccnc1NN. The zero-order valence-electron chi connectivity index (χ0n) is 9.91. The highest BCUT2D eigenvalue weighted by atomic mass is 16.5. The Bertz CT molecular complexity index is 291. The van der Waals surface area contributed by atoms with Gasteiger partial charge in [-0.1, -0.05) is 32.6 Å². The second-order valence-electron chi connectivity index (χ2n) is 3.76. The third-order valence-electron chi connectivity index (χ3n) is 2.41. The zero-order valence-corrected chi connectivity index (χ0v) is 9.91. The average molecular weight is 223 g/mol. The van der Waals surface area contributed by atoms with Crippen molar-refractivity contribution in [3.63, 3.8) is 0 Å². The number of rotatable bonds is 8. The highest BCUT2D eigenvalue weighted by molar-refractivity contribution is 5.48. The van der Waals surface area contributed by atoms with Crippen LogP contribution in [0.2, 0.25) is 0 Å². The van der Waals surface area contributed by atoms with Crippen molar-refractivity contribution in [3.05, 3.63) is 18.3 Å². The van der Waals surface area contributed by atoms with E-state index in [1.54, 1.807) is 6.20 Å². The predicted octanol–water partition coefficient (Wildman–Crippen LogP) is 2.72. The summed E-state index contributed by atoms with van der Waals surface area (Å²) in [4.78, 5) is 4.06. The summed E-state index contributed by atoms with van der Waals surface area (Å²) in [5.74, 6) is 6.64. The van der Waals surface area contributed by atoms with E-state index in [0.717, 1.165) is 18.8 Å². The average Bonchev–Trinajstić information content (AvgIpc) is 2.34. The molecule has 0 amide bonds. The van der Waals surface area contributed by atoms with Gasteiger partial charge in [0.2, 0.25) is 0 Å². The molecule has 0 radical (unpaired) electrons. The fraction of sp³-hybridized carbons (Fsp3) is 0.583. The minimum atomic E-state index is 0.594. The molecule has 0 aromatic carbocycles. The van der Waals surface area contributed by atoms with Gasteiger partial charge < -0.3 is 10.2 Å². The molecule has 0 aliphatic carbocycles. The summed E-state index contributed by atoms with van der Waals surface area (Å²) in [6, 6.07) is 3.71. The van der Waals surface area contributed by atoms with Crippen LogP contribution < -0.4 is 16.0 Å². The number of ether oxygens (including phenoxy) is 1. The number of hydrogen-bond acceptors (Lipinski definition) is 4. The van der Waals surface area contributed by atoms with Crippen LogP contribution in [-0.2, 0) is 0 Å². The largest absolute Gasteiger partial charge is 0.490 e. The van der Waals surface area contributed by atoms with Gasteiger partial charge in [0.25, 0.3) is 0 Å². The molecule has 1 aromatic rings. The molecule has 0 saturated carbocycles. The van der Waals surface area contributed by atoms with Gasteiger partial charge in [-0.05, 0) is 18.6 Å². The molecule has 0 aliphatic heterocycles. The number of aromatic nitrogens is 1. The Labute approximate surface area is 97.2 Å². The maximum Gasteiger partial charge on any atom is 0.182 e. The van der Waals surface area contributed by atoms with Gasteiger partial charge in [0, 0.05) is 6.20 Å². The first kappa shape index (κ1) is 12.8. The molecule has 16 heavy (non-hydrogen) atoms. The molecule has 0 spiro atoms. The van der Waals surface area contributed by atoms with E-state index in [4.69, 9.17) is 10.6 Å². The van der Waals surface area contributed by atoms with Gasteiger partial charge in [0.05, 0.1) is 6.61 Å². The van der Waals surface area contributed by atoms with Gasteiger partial charge in [0.15, 0.2) is 11.6 Å². The monoisotopic (exact) mass is 223 g/mol. The molecule has 1 rings (SSSR count). The smallest absolute Gasteiger partial charge is 0.182 e. The van der Waals surface area contributed by atoms with Crippen LogP contribution in [0.5, 0.6) is 5.75 Å². The van der Waals surface area contributed by atoms with Crippen molar-refractivity contribution >= 4 is 5.82 Å². The van der Waals surface area contributed by atoms with Crippen molar-refractivity contribution in [1.29, 1.82) is 0 Å². The molecule has 1 aromatic heterocycles. The Kier molecular flexibility index (Phi) is 6.33. The summed E-state index contributed by atoms with van der Waals surface area (Å²) in [5, 5.41) is 0. The summed E-state index contributed by atoms with van der Waals surface area (Å²) >= 11 is 0. The summed E-state index contributed by atoms with van der Waals surface area (Å²) in [6.07, 6.45) is 7.85. The van der Waals surface area contributed by atoms with Crippen molar-refractivity contribution in [2.75, 3.05) is 12.0 Å². The third-order valence-corrected chi connectivity index (χ3v) is 2.41. The van der Waals surface area contributed by atoms with Crippen LogP contribution in [0.4, 0.5) is 5.82 Å². The van der Waals surface area contributed by atoms with Gasteiger partial charge in [-0.2, -0.15) is 0 Å². The number of hydrazine groups is 1. The van der Waals surface area contributed by atoms with Crippen molar-refractivity contribution in [1.82, 2.24) is 4.98 Å². The van der Waals surface area contributed by atoms with E-state index in [1.807, 2.05) is 12.1 Å². The molecular formula is C12H21N3O. The molecule has 0 bridgehead atoms. The number of anilines is 1. The maximum absolute atomic E-state index is 5.60. The van der Waals surface area contributed by atoms with Crippen molar-refractivity contribution in [2.45, 2.75) is 39.0 Å². The van der Waals surface area contributed by atoms with Crippen LogP contribution in [0.1, 0.15) is 39.0 Å². The Morgan fingerprint density at radius 3 is 2.88 bits per heavy atom. The van der Waals surface area contributed by atoms with Gasteiger partial charge in [0.1, 0.15) is 0 Å². The van der Waals surface area contributed by atoms with Gasteiger partial charge in [-0.25, -0.2) is 10.8 Å². The van der Waals surface area contributed by atoms with Crippen LogP contribution in [0.15, 0.2) is 18.3 Å². The minimum Gasteiger partial charge on any atom is -0.490 e. The quantitative estimate of drug-likeness (QED) is 0.404. The molecule has 0 atom stereocenters. The summed E-state index contributed by atoms with van der Waals surface area (Å²) in [7, 11) is 0. The zero-order chi connectivity index (χ0) is 11.6. The highest BCUT2D eigenvalue weighted by Crippen LogP contribution is 2.19. The Morgan fingerprint density at radius 2 is 2.12 bits per heavy atom. The molecular weight excluding hydrogens is 202 g/mol. The predicted molar refractivity (Wildman–Crippen MR) is 66.3 cm³/mol. The lowest BCUT2D eigenvalue weighted by Gasteiger charge is -2.09. The number of nitrogens with one attached hydrogen (secondary N) is 1. The molecule has 0 fully saturated rings. The van der Waals surface area contributed by atoms with Gasteiger partial charge in [-0.15, -0.1) is 0 Å². The van der Waals surface area contributed by atoms with E-state index in [-0.39, 0.29) is 0 Å². The standard InChI is InChI=1S/C12H21N3O/c1-2-3-4-5-6-10-16-11-8-7-9-14-12(11)15-13/h7-9H,2-6,10,13H2,1H3,(H,14,15). The normalized spacial score (nSPS) is 10.1. The molecule has 4 heteroatoms. The van der Waals surface area contributed by atoms with E-state index >= 15 is 0 Å². The number of pyridine rings is 1. The van der Waals surface area contributed by atoms with Crippen molar-refractivity contribution < 1.29 is 4.74 Å². The molecule has 0 unspecified atom stereocenters. The first-order valence-electron chi connectivity index (χ1n) is 5.93. The lowest BCUT2D eigenvalue weighted by atomic mass is 10.2. The number of unbranched alkanes of at least 4 members (excludes halogenated alkanes) is 4. The maximum atomic E-state index is 5.60. The van der Waals surface area contributed by atoms with E-state index in [9.17, 15) is 0 Å². The topological polar surface area (TPSA) is 60.2 Å². The first-order chi connectivity index (χ1) is 7.88. The third kappa shape index (κ3) is 4.49. The fourth-order valence-corrected chi connectivity index (χ4v) is 1.50. The van der Waals surface area contributed by atoms with Crippen molar-refractivity contribution in [2.24, 2.45) is 5.84 Å². The molecule has 1 heterocycles.